The Morgan fingerprint density at radius 2 is 2.13 bits per heavy atom. The van der Waals surface area contributed by atoms with Gasteiger partial charge in [0.15, 0.2) is 11.3 Å². The number of aliphatic hydroxyl groups is 1. The van der Waals surface area contributed by atoms with Gasteiger partial charge in [0.05, 0.1) is 0 Å². The molecule has 4 atom stereocenters. The quantitative estimate of drug-likeness (QED) is 0.386. The molecule has 2 saturated heterocycles. The van der Waals surface area contributed by atoms with Gasteiger partial charge in [0, 0.05) is 25.1 Å². The molecule has 3 unspecified atom stereocenters. The maximum atomic E-state index is 12.7. The van der Waals surface area contributed by atoms with Gasteiger partial charge in [-0.3, -0.25) is 14.4 Å². The van der Waals surface area contributed by atoms with Gasteiger partial charge >= 0.3 is 5.97 Å². The largest absolute Gasteiger partial charge is 0.481 e. The van der Waals surface area contributed by atoms with Crippen molar-refractivity contribution >= 4 is 41.3 Å². The van der Waals surface area contributed by atoms with Crippen LogP contribution < -0.4 is 5.32 Å². The Morgan fingerprint density at radius 3 is 2.77 bits per heavy atom. The van der Waals surface area contributed by atoms with Crippen LogP contribution >= 0.6 is 23.5 Å². The number of benzene rings is 1. The number of carboxylic acid groups (broad SMARTS) is 1. The molecule has 2 aromatic rings. The second-order valence-electron chi connectivity index (χ2n) is 7.51. The van der Waals surface area contributed by atoms with E-state index in [2.05, 4.69) is 15.4 Å². The van der Waals surface area contributed by atoms with Crippen LogP contribution in [0.3, 0.4) is 0 Å². The van der Waals surface area contributed by atoms with Crippen LogP contribution in [0.4, 0.5) is 0 Å². The molecular formula is C19H21N5O5S2. The number of carboxylic acids is 1. The molecule has 164 valence electrons. The van der Waals surface area contributed by atoms with Gasteiger partial charge < -0.3 is 20.4 Å². The maximum Gasteiger partial charge on any atom is 0.313 e. The highest BCUT2D eigenvalue weighted by Crippen LogP contribution is 2.44. The third kappa shape index (κ3) is 4.02. The molecular weight excluding hydrogens is 442 g/mol. The van der Waals surface area contributed by atoms with Crippen molar-refractivity contribution in [2.24, 2.45) is 12.5 Å². The number of aliphatic carboxylic acids is 1. The van der Waals surface area contributed by atoms with E-state index in [1.54, 1.807) is 42.1 Å². The number of thioether (sulfide) groups is 2. The van der Waals surface area contributed by atoms with Crippen molar-refractivity contribution in [3.05, 3.63) is 42.2 Å². The van der Waals surface area contributed by atoms with Crippen LogP contribution in [-0.2, 0) is 21.4 Å². The fourth-order valence-electron chi connectivity index (χ4n) is 3.54. The fourth-order valence-corrected chi connectivity index (χ4v) is 6.29. The molecule has 2 fully saturated rings. The van der Waals surface area contributed by atoms with Crippen molar-refractivity contribution in [2.45, 2.75) is 22.7 Å². The lowest BCUT2D eigenvalue weighted by atomic mass is 9.89. The molecule has 1 aromatic heterocycles. The minimum Gasteiger partial charge on any atom is -0.481 e. The lowest BCUT2D eigenvalue weighted by Crippen LogP contribution is -2.74. The summed E-state index contributed by atoms with van der Waals surface area (Å²) in [6, 6.07) is 7.67. The van der Waals surface area contributed by atoms with Crippen molar-refractivity contribution in [3.63, 3.8) is 0 Å². The van der Waals surface area contributed by atoms with E-state index >= 15 is 0 Å². The van der Waals surface area contributed by atoms with Crippen LogP contribution in [-0.4, -0.2) is 77.1 Å². The van der Waals surface area contributed by atoms with Crippen molar-refractivity contribution in [1.82, 2.24) is 25.0 Å². The van der Waals surface area contributed by atoms with Crippen LogP contribution in [0.15, 0.2) is 41.8 Å². The van der Waals surface area contributed by atoms with E-state index in [1.165, 1.54) is 34.8 Å². The highest BCUT2D eigenvalue weighted by atomic mass is 32.2. The average molecular weight is 464 g/mol. The first-order chi connectivity index (χ1) is 14.8. The van der Waals surface area contributed by atoms with Crippen LogP contribution in [0.2, 0.25) is 0 Å². The average Bonchev–Trinajstić information content (AvgIpc) is 3.20. The number of nitrogens with one attached hydrogen (secondary N) is 1. The maximum absolute atomic E-state index is 12.7. The van der Waals surface area contributed by atoms with Gasteiger partial charge in [0.25, 0.3) is 5.91 Å². The fraction of sp³-hybridized carbons (Fsp3) is 0.421. The standard InChI is InChI=1S/C19H21N5O5S2/c1-23-18(20-10-21-23)31-9-19(17(28)29)7-24-15(27)12(16(24)30-8-19)22-14(26)13(25)11-5-3-2-4-6-11/h2-6,10,12-13,16,25H,7-9H2,1H3,(H,22,26)(H,28,29)/t12?,13?,16-,19?/m1/s1. The Morgan fingerprint density at radius 1 is 1.39 bits per heavy atom. The number of hydrogen-bond acceptors (Lipinski definition) is 8. The van der Waals surface area contributed by atoms with E-state index in [4.69, 9.17) is 0 Å². The molecule has 3 N–H and O–H groups in total. The van der Waals surface area contributed by atoms with Gasteiger partial charge in [-0.2, -0.15) is 5.10 Å². The zero-order valence-corrected chi connectivity index (χ0v) is 18.2. The first kappa shape index (κ1) is 21.7. The predicted octanol–water partition coefficient (Wildman–Crippen LogP) is 0.112. The number of rotatable bonds is 7. The van der Waals surface area contributed by atoms with E-state index in [0.29, 0.717) is 10.7 Å². The first-order valence-corrected chi connectivity index (χ1v) is 11.5. The molecule has 31 heavy (non-hydrogen) atoms. The molecule has 2 aliphatic heterocycles. The number of carbonyl (C=O) groups is 3. The summed E-state index contributed by atoms with van der Waals surface area (Å²) in [6.45, 7) is 0.0529. The third-order valence-corrected chi connectivity index (χ3v) is 8.32. The molecule has 3 heterocycles. The molecule has 4 rings (SSSR count). The van der Waals surface area contributed by atoms with Gasteiger partial charge in [-0.05, 0) is 5.56 Å². The van der Waals surface area contributed by atoms with Crippen LogP contribution in [0, 0.1) is 5.41 Å². The SMILES string of the molecule is Cn1ncnc1SCC1(C(=O)O)CS[C@@H]2C(NC(=O)C(O)c3ccccc3)C(=O)N2C1. The minimum atomic E-state index is -1.38. The van der Waals surface area contributed by atoms with Gasteiger partial charge in [-0.15, -0.1) is 11.8 Å². The number of aromatic nitrogens is 3. The molecule has 12 heteroatoms. The normalized spacial score (nSPS) is 26.0. The number of carbonyl (C=O) groups excluding carboxylic acids is 2. The Hall–Kier alpha value is -2.57. The van der Waals surface area contributed by atoms with Gasteiger partial charge in [-0.1, -0.05) is 42.1 Å². The molecule has 2 amide bonds. The molecule has 0 radical (unpaired) electrons. The summed E-state index contributed by atoms with van der Waals surface area (Å²) in [4.78, 5) is 42.8. The van der Waals surface area contributed by atoms with Gasteiger partial charge in [-0.25, -0.2) is 9.67 Å². The number of nitrogens with zero attached hydrogens (tertiary/aromatic N) is 4. The molecule has 1 aromatic carbocycles. The summed E-state index contributed by atoms with van der Waals surface area (Å²) < 4.78 is 1.57. The van der Waals surface area contributed by atoms with E-state index in [1.807, 2.05) is 0 Å². The minimum absolute atomic E-state index is 0.0529. The van der Waals surface area contributed by atoms with E-state index in [9.17, 15) is 24.6 Å². The molecule has 0 spiro atoms. The highest BCUT2D eigenvalue weighted by molar-refractivity contribution is 8.00. The number of fused-ring (bicyclic) bond motifs is 1. The lowest BCUT2D eigenvalue weighted by Gasteiger charge is -2.53. The second kappa shape index (κ2) is 8.52. The third-order valence-electron chi connectivity index (χ3n) is 5.41. The van der Waals surface area contributed by atoms with Crippen molar-refractivity contribution < 1.29 is 24.6 Å². The smallest absolute Gasteiger partial charge is 0.313 e. The molecule has 0 saturated carbocycles. The summed E-state index contributed by atoms with van der Waals surface area (Å²) >= 11 is 2.61. The summed E-state index contributed by atoms with van der Waals surface area (Å²) in [5.41, 5.74) is -0.697. The number of β-lactam (4-membered cyclic amide) rings is 1. The highest BCUT2D eigenvalue weighted by Gasteiger charge is 2.57. The van der Waals surface area contributed by atoms with Crippen molar-refractivity contribution in [3.8, 4) is 0 Å². The van der Waals surface area contributed by atoms with E-state index in [-0.39, 0.29) is 29.3 Å². The predicted molar refractivity (Wildman–Crippen MR) is 113 cm³/mol. The number of aliphatic hydroxyl groups excluding tert-OH is 1. The van der Waals surface area contributed by atoms with Gasteiger partial charge in [0.2, 0.25) is 5.91 Å². The van der Waals surface area contributed by atoms with E-state index < -0.39 is 29.4 Å². The Balaban J connectivity index is 1.39. The van der Waals surface area contributed by atoms with Crippen LogP contribution in [0.1, 0.15) is 11.7 Å². The van der Waals surface area contributed by atoms with Crippen molar-refractivity contribution in [2.75, 3.05) is 18.1 Å². The summed E-state index contributed by atoms with van der Waals surface area (Å²) in [5, 5.41) is 27.0. The zero-order chi connectivity index (χ0) is 22.2. The Kier molecular flexibility index (Phi) is 5.95. The molecule has 2 aliphatic rings. The van der Waals surface area contributed by atoms with E-state index in [0.717, 1.165) is 0 Å². The Labute approximate surface area is 186 Å². The number of aryl methyl sites for hydroxylation is 1. The molecule has 0 bridgehead atoms. The molecule has 0 aliphatic carbocycles. The van der Waals surface area contributed by atoms with Crippen LogP contribution in [0.25, 0.3) is 0 Å². The first-order valence-electron chi connectivity index (χ1n) is 9.48. The van der Waals surface area contributed by atoms with Crippen LogP contribution in [0.5, 0.6) is 0 Å². The number of amides is 2. The second-order valence-corrected chi connectivity index (χ2v) is 9.56. The molecule has 10 nitrogen and oxygen atoms in total. The summed E-state index contributed by atoms with van der Waals surface area (Å²) in [7, 11) is 1.73. The van der Waals surface area contributed by atoms with Crippen molar-refractivity contribution in [1.29, 1.82) is 0 Å². The summed E-state index contributed by atoms with van der Waals surface area (Å²) in [5.74, 6) is -1.46. The topological polar surface area (TPSA) is 138 Å². The lowest BCUT2D eigenvalue weighted by molar-refractivity contribution is -0.158. The zero-order valence-electron chi connectivity index (χ0n) is 16.5. The Bertz CT molecular complexity index is 1000. The number of hydrogen-bond donors (Lipinski definition) is 3. The van der Waals surface area contributed by atoms with Gasteiger partial charge in [0.1, 0.15) is 23.2 Å². The summed E-state index contributed by atoms with van der Waals surface area (Å²) in [6.07, 6.45) is 0.0231. The monoisotopic (exact) mass is 463 g/mol.